The fourth-order valence-electron chi connectivity index (χ4n) is 2.46. The van der Waals surface area contributed by atoms with Crippen LogP contribution in [0.5, 0.6) is 0 Å². The minimum atomic E-state index is -0.474. The third-order valence-corrected chi connectivity index (χ3v) is 3.43. The molecule has 0 radical (unpaired) electrons. The van der Waals surface area contributed by atoms with Crippen molar-refractivity contribution < 1.29 is 14.8 Å². The van der Waals surface area contributed by atoms with E-state index in [-0.39, 0.29) is 35.9 Å². The van der Waals surface area contributed by atoms with Gasteiger partial charge in [-0.05, 0) is 19.8 Å². The highest BCUT2D eigenvalue weighted by atomic mass is 16.6. The number of nitrogen functional groups attached to an aromatic ring is 1. The quantitative estimate of drug-likeness (QED) is 0.585. The maximum Gasteiger partial charge on any atom is 0.332 e. The Morgan fingerprint density at radius 3 is 2.71 bits per heavy atom. The molecule has 0 aliphatic carbocycles. The van der Waals surface area contributed by atoms with Gasteiger partial charge in [0.25, 0.3) is 0 Å². The first-order valence-electron chi connectivity index (χ1n) is 6.79. The first kappa shape index (κ1) is 15.4. The van der Waals surface area contributed by atoms with Gasteiger partial charge in [-0.3, -0.25) is 10.1 Å². The van der Waals surface area contributed by atoms with Crippen LogP contribution in [0, 0.1) is 17.0 Å². The molecule has 2 heterocycles. The smallest absolute Gasteiger partial charge is 0.332 e. The molecule has 1 aliphatic heterocycles. The second kappa shape index (κ2) is 6.64. The van der Waals surface area contributed by atoms with Crippen LogP contribution in [0.25, 0.3) is 0 Å². The van der Waals surface area contributed by atoms with Crippen LogP contribution in [0.4, 0.5) is 17.5 Å². The number of anilines is 2. The summed E-state index contributed by atoms with van der Waals surface area (Å²) < 4.78 is 5.47. The summed E-state index contributed by atoms with van der Waals surface area (Å²) in [6.07, 6.45) is 1.51. The van der Waals surface area contributed by atoms with Gasteiger partial charge in [0.2, 0.25) is 11.8 Å². The molecule has 0 saturated carbocycles. The molecule has 1 aromatic heterocycles. The second-order valence-electron chi connectivity index (χ2n) is 4.88. The molecule has 0 spiro atoms. The van der Waals surface area contributed by atoms with E-state index in [1.165, 1.54) is 0 Å². The second-order valence-corrected chi connectivity index (χ2v) is 4.88. The number of hydrogen-bond donors (Lipinski definition) is 2. The van der Waals surface area contributed by atoms with E-state index >= 15 is 0 Å². The Morgan fingerprint density at radius 2 is 2.14 bits per heavy atom. The monoisotopic (exact) mass is 297 g/mol. The number of nitrogens with two attached hydrogens (primary N) is 1. The van der Waals surface area contributed by atoms with Crippen LogP contribution in [0.2, 0.25) is 0 Å². The lowest BCUT2D eigenvalue weighted by Gasteiger charge is -2.32. The van der Waals surface area contributed by atoms with E-state index in [0.29, 0.717) is 19.7 Å². The van der Waals surface area contributed by atoms with Crippen molar-refractivity contribution in [2.24, 2.45) is 0 Å². The molecular formula is C12H19N5O4. The number of aromatic nitrogens is 2. The predicted octanol–water partition coefficient (Wildman–Crippen LogP) is 0.253. The van der Waals surface area contributed by atoms with Crippen molar-refractivity contribution in [3.05, 3.63) is 15.8 Å². The van der Waals surface area contributed by atoms with E-state index in [1.807, 2.05) is 4.90 Å². The molecule has 116 valence electrons. The number of aryl methyl sites for hydroxylation is 1. The summed E-state index contributed by atoms with van der Waals surface area (Å²) in [4.78, 5) is 20.5. The summed E-state index contributed by atoms with van der Waals surface area (Å²) in [7, 11) is 0. The maximum absolute atomic E-state index is 11.2. The van der Waals surface area contributed by atoms with Gasteiger partial charge < -0.3 is 20.5 Å². The van der Waals surface area contributed by atoms with Crippen LogP contribution in [0.15, 0.2) is 0 Å². The van der Waals surface area contributed by atoms with Gasteiger partial charge in [-0.25, -0.2) is 4.98 Å². The molecular weight excluding hydrogens is 278 g/mol. The lowest BCUT2D eigenvalue weighted by Crippen LogP contribution is -2.38. The number of aliphatic hydroxyl groups is 1. The molecule has 0 bridgehead atoms. The average molecular weight is 297 g/mol. The van der Waals surface area contributed by atoms with Gasteiger partial charge in [-0.2, -0.15) is 4.98 Å². The van der Waals surface area contributed by atoms with Gasteiger partial charge in [0.05, 0.1) is 24.2 Å². The summed E-state index contributed by atoms with van der Waals surface area (Å²) in [5, 5.41) is 20.0. The standard InChI is InChI=1S/C12H19N5O4/c1-8-10(17(19)20)11(15-12(13)14-8)16-4-2-9(3-5-16)21-7-6-18/h9,18H,2-7H2,1H3,(H2,13,14,15). The highest BCUT2D eigenvalue weighted by Crippen LogP contribution is 2.31. The Labute approximate surface area is 121 Å². The molecule has 0 amide bonds. The maximum atomic E-state index is 11.2. The van der Waals surface area contributed by atoms with Crippen LogP contribution < -0.4 is 10.6 Å². The van der Waals surface area contributed by atoms with Crippen molar-refractivity contribution in [1.82, 2.24) is 9.97 Å². The molecule has 2 rings (SSSR count). The van der Waals surface area contributed by atoms with Crippen molar-refractivity contribution in [2.45, 2.75) is 25.9 Å². The van der Waals surface area contributed by atoms with E-state index in [2.05, 4.69) is 9.97 Å². The first-order chi connectivity index (χ1) is 10.0. The molecule has 9 heteroatoms. The van der Waals surface area contributed by atoms with Gasteiger partial charge in [0.1, 0.15) is 5.69 Å². The summed E-state index contributed by atoms with van der Waals surface area (Å²) in [6.45, 7) is 3.04. The Balaban J connectivity index is 2.14. The van der Waals surface area contributed by atoms with E-state index in [9.17, 15) is 10.1 Å². The predicted molar refractivity (Wildman–Crippen MR) is 76.1 cm³/mol. The highest BCUT2D eigenvalue weighted by molar-refractivity contribution is 5.62. The molecule has 3 N–H and O–H groups in total. The van der Waals surface area contributed by atoms with E-state index in [4.69, 9.17) is 15.6 Å². The van der Waals surface area contributed by atoms with Crippen LogP contribution in [0.3, 0.4) is 0 Å². The van der Waals surface area contributed by atoms with Crippen molar-refractivity contribution in [1.29, 1.82) is 0 Å². The zero-order chi connectivity index (χ0) is 15.4. The molecule has 1 fully saturated rings. The van der Waals surface area contributed by atoms with Crippen LogP contribution in [-0.4, -0.2) is 52.4 Å². The molecule has 0 atom stereocenters. The van der Waals surface area contributed by atoms with Gasteiger partial charge in [-0.1, -0.05) is 0 Å². The lowest BCUT2D eigenvalue weighted by atomic mass is 10.1. The molecule has 0 aromatic carbocycles. The van der Waals surface area contributed by atoms with Crippen LogP contribution in [0.1, 0.15) is 18.5 Å². The Hall–Kier alpha value is -2.00. The molecule has 21 heavy (non-hydrogen) atoms. The zero-order valence-electron chi connectivity index (χ0n) is 11.9. The summed E-state index contributed by atoms with van der Waals surface area (Å²) in [5.74, 6) is 0.303. The molecule has 1 saturated heterocycles. The van der Waals surface area contributed by atoms with Gasteiger partial charge in [0, 0.05) is 13.1 Å². The number of nitrogens with zero attached hydrogens (tertiary/aromatic N) is 4. The third kappa shape index (κ3) is 3.56. The van der Waals surface area contributed by atoms with Crippen molar-refractivity contribution in [3.8, 4) is 0 Å². The molecule has 1 aliphatic rings. The Morgan fingerprint density at radius 1 is 1.48 bits per heavy atom. The first-order valence-corrected chi connectivity index (χ1v) is 6.79. The number of rotatable bonds is 5. The zero-order valence-corrected chi connectivity index (χ0v) is 11.9. The summed E-state index contributed by atoms with van der Waals surface area (Å²) in [5.41, 5.74) is 5.77. The van der Waals surface area contributed by atoms with Crippen molar-refractivity contribution in [3.63, 3.8) is 0 Å². The van der Waals surface area contributed by atoms with E-state index in [1.54, 1.807) is 6.92 Å². The number of hydrogen-bond acceptors (Lipinski definition) is 8. The normalized spacial score (nSPS) is 16.2. The van der Waals surface area contributed by atoms with Crippen LogP contribution in [-0.2, 0) is 4.74 Å². The molecule has 1 aromatic rings. The minimum Gasteiger partial charge on any atom is -0.394 e. The van der Waals surface area contributed by atoms with Gasteiger partial charge in [0.15, 0.2) is 0 Å². The number of ether oxygens (including phenoxy) is 1. The summed E-state index contributed by atoms with van der Waals surface area (Å²) >= 11 is 0. The highest BCUT2D eigenvalue weighted by Gasteiger charge is 2.29. The minimum absolute atomic E-state index is 0.00662. The third-order valence-electron chi connectivity index (χ3n) is 3.43. The van der Waals surface area contributed by atoms with Gasteiger partial charge in [-0.15, -0.1) is 0 Å². The van der Waals surface area contributed by atoms with Crippen LogP contribution >= 0.6 is 0 Å². The Bertz CT molecular complexity index is 517. The lowest BCUT2D eigenvalue weighted by molar-refractivity contribution is -0.385. The fraction of sp³-hybridized carbons (Fsp3) is 0.667. The average Bonchev–Trinajstić information content (AvgIpc) is 2.44. The SMILES string of the molecule is Cc1nc(N)nc(N2CCC(OCCO)CC2)c1[N+](=O)[O-]. The number of aliphatic hydroxyl groups excluding tert-OH is 1. The van der Waals surface area contributed by atoms with E-state index < -0.39 is 4.92 Å². The van der Waals surface area contributed by atoms with Crippen molar-refractivity contribution >= 4 is 17.5 Å². The van der Waals surface area contributed by atoms with Gasteiger partial charge >= 0.3 is 5.69 Å². The van der Waals surface area contributed by atoms with Crippen molar-refractivity contribution in [2.75, 3.05) is 36.9 Å². The molecule has 9 nitrogen and oxygen atoms in total. The number of piperidine rings is 1. The largest absolute Gasteiger partial charge is 0.394 e. The topological polar surface area (TPSA) is 128 Å². The number of nitro groups is 1. The summed E-state index contributed by atoms with van der Waals surface area (Å²) in [6, 6.07) is 0. The fourth-order valence-corrected chi connectivity index (χ4v) is 2.46. The molecule has 0 unspecified atom stereocenters. The van der Waals surface area contributed by atoms with E-state index in [0.717, 1.165) is 12.8 Å². The Kier molecular flexibility index (Phi) is 4.86.